The van der Waals surface area contributed by atoms with E-state index in [2.05, 4.69) is 36.3 Å². The van der Waals surface area contributed by atoms with E-state index in [9.17, 15) is 4.79 Å². The standard InChI is InChI=1S/C9H8BrN5O/c1-15-3-2-6(14-15)9(16)13-8-5-11-7(10)4-12-8/h2-5H,1H3,(H,12,13,16). The van der Waals surface area contributed by atoms with Gasteiger partial charge in [-0.1, -0.05) is 0 Å². The van der Waals surface area contributed by atoms with Crippen LogP contribution in [0.1, 0.15) is 10.5 Å². The SMILES string of the molecule is Cn1ccc(C(=O)Nc2cnc(Br)cn2)n1. The number of aromatic nitrogens is 4. The van der Waals surface area contributed by atoms with Crippen LogP contribution in [0.5, 0.6) is 0 Å². The van der Waals surface area contributed by atoms with Gasteiger partial charge in [-0.2, -0.15) is 5.10 Å². The van der Waals surface area contributed by atoms with E-state index < -0.39 is 0 Å². The molecule has 2 aromatic rings. The Morgan fingerprint density at radius 2 is 2.25 bits per heavy atom. The number of anilines is 1. The van der Waals surface area contributed by atoms with Crippen LogP contribution in [-0.4, -0.2) is 25.7 Å². The van der Waals surface area contributed by atoms with Crippen LogP contribution < -0.4 is 5.32 Å². The predicted molar refractivity (Wildman–Crippen MR) is 60.9 cm³/mol. The van der Waals surface area contributed by atoms with E-state index in [1.54, 1.807) is 24.0 Å². The van der Waals surface area contributed by atoms with Gasteiger partial charge >= 0.3 is 0 Å². The number of nitrogens with zero attached hydrogens (tertiary/aromatic N) is 4. The number of aryl methyl sites for hydroxylation is 1. The summed E-state index contributed by atoms with van der Waals surface area (Å²) in [6.45, 7) is 0. The van der Waals surface area contributed by atoms with Gasteiger partial charge in [0, 0.05) is 13.2 Å². The number of carbonyl (C=O) groups excluding carboxylic acids is 1. The quantitative estimate of drug-likeness (QED) is 0.899. The Labute approximate surface area is 99.8 Å². The molecule has 82 valence electrons. The second-order valence-corrected chi connectivity index (χ2v) is 3.87. The summed E-state index contributed by atoms with van der Waals surface area (Å²) < 4.78 is 2.17. The van der Waals surface area contributed by atoms with Crippen molar-refractivity contribution in [3.05, 3.63) is 35.0 Å². The zero-order chi connectivity index (χ0) is 11.5. The third-order valence-corrected chi connectivity index (χ3v) is 2.22. The molecule has 0 saturated heterocycles. The molecule has 0 atom stereocenters. The van der Waals surface area contributed by atoms with Crippen molar-refractivity contribution < 1.29 is 4.79 Å². The van der Waals surface area contributed by atoms with Crippen LogP contribution in [0, 0.1) is 0 Å². The minimum absolute atomic E-state index is 0.308. The molecule has 0 spiro atoms. The summed E-state index contributed by atoms with van der Waals surface area (Å²) in [5.74, 6) is 0.0797. The van der Waals surface area contributed by atoms with Crippen molar-refractivity contribution in [1.82, 2.24) is 19.7 Å². The van der Waals surface area contributed by atoms with Gasteiger partial charge in [0.05, 0.1) is 12.4 Å². The summed E-state index contributed by atoms with van der Waals surface area (Å²) in [6, 6.07) is 1.63. The highest BCUT2D eigenvalue weighted by Crippen LogP contribution is 2.07. The molecule has 0 aromatic carbocycles. The fourth-order valence-electron chi connectivity index (χ4n) is 1.09. The Kier molecular flexibility index (Phi) is 2.95. The van der Waals surface area contributed by atoms with Crippen LogP contribution in [0.15, 0.2) is 29.3 Å². The maximum Gasteiger partial charge on any atom is 0.277 e. The lowest BCUT2D eigenvalue weighted by Crippen LogP contribution is -2.14. The van der Waals surface area contributed by atoms with Gasteiger partial charge in [-0.15, -0.1) is 0 Å². The summed E-state index contributed by atoms with van der Waals surface area (Å²) in [4.78, 5) is 19.6. The topological polar surface area (TPSA) is 72.7 Å². The van der Waals surface area contributed by atoms with Gasteiger partial charge in [0.1, 0.15) is 4.60 Å². The molecule has 7 heteroatoms. The molecule has 0 bridgehead atoms. The molecule has 0 fully saturated rings. The number of hydrogen-bond donors (Lipinski definition) is 1. The van der Waals surface area contributed by atoms with Gasteiger partial charge in [-0.05, 0) is 22.0 Å². The van der Waals surface area contributed by atoms with Crippen molar-refractivity contribution in [3.8, 4) is 0 Å². The number of halogens is 1. The summed E-state index contributed by atoms with van der Waals surface area (Å²) in [7, 11) is 1.75. The van der Waals surface area contributed by atoms with E-state index in [4.69, 9.17) is 0 Å². The molecule has 1 N–H and O–H groups in total. The highest BCUT2D eigenvalue weighted by atomic mass is 79.9. The van der Waals surface area contributed by atoms with Crippen molar-refractivity contribution >= 4 is 27.7 Å². The van der Waals surface area contributed by atoms with Crippen LogP contribution in [0.3, 0.4) is 0 Å². The molecule has 16 heavy (non-hydrogen) atoms. The number of rotatable bonds is 2. The van der Waals surface area contributed by atoms with E-state index in [1.807, 2.05) is 0 Å². The first-order chi connectivity index (χ1) is 7.65. The number of nitrogens with one attached hydrogen (secondary N) is 1. The molecule has 0 aliphatic heterocycles. The summed E-state index contributed by atoms with van der Waals surface area (Å²) in [6.07, 6.45) is 4.67. The van der Waals surface area contributed by atoms with Gasteiger partial charge < -0.3 is 5.32 Å². The fraction of sp³-hybridized carbons (Fsp3) is 0.111. The third kappa shape index (κ3) is 2.43. The largest absolute Gasteiger partial charge is 0.304 e. The molecule has 0 unspecified atom stereocenters. The van der Waals surface area contributed by atoms with Crippen LogP contribution in [-0.2, 0) is 7.05 Å². The first-order valence-corrected chi connectivity index (χ1v) is 5.23. The highest BCUT2D eigenvalue weighted by Gasteiger charge is 2.09. The van der Waals surface area contributed by atoms with Gasteiger partial charge in [0.2, 0.25) is 0 Å². The van der Waals surface area contributed by atoms with E-state index in [-0.39, 0.29) is 5.91 Å². The summed E-state index contributed by atoms with van der Waals surface area (Å²) >= 11 is 3.16. The Balaban J connectivity index is 2.10. The Hall–Kier alpha value is -1.76. The Morgan fingerprint density at radius 3 is 2.81 bits per heavy atom. The van der Waals surface area contributed by atoms with E-state index in [1.165, 1.54) is 12.4 Å². The van der Waals surface area contributed by atoms with E-state index >= 15 is 0 Å². The number of amides is 1. The molecule has 0 aliphatic carbocycles. The van der Waals surface area contributed by atoms with Crippen LogP contribution in [0.2, 0.25) is 0 Å². The monoisotopic (exact) mass is 281 g/mol. The van der Waals surface area contributed by atoms with Crippen LogP contribution in [0.4, 0.5) is 5.82 Å². The Bertz CT molecular complexity index is 507. The van der Waals surface area contributed by atoms with Gasteiger partial charge in [0.25, 0.3) is 5.91 Å². The third-order valence-electron chi connectivity index (χ3n) is 1.81. The second kappa shape index (κ2) is 4.40. The van der Waals surface area contributed by atoms with Crippen molar-refractivity contribution in [1.29, 1.82) is 0 Å². The molecule has 0 radical (unpaired) electrons. The predicted octanol–water partition coefficient (Wildman–Crippen LogP) is 1.22. The normalized spacial score (nSPS) is 10.1. The molecule has 2 aromatic heterocycles. The minimum atomic E-state index is -0.308. The molecule has 2 heterocycles. The lowest BCUT2D eigenvalue weighted by molar-refractivity contribution is 0.102. The number of hydrogen-bond acceptors (Lipinski definition) is 4. The van der Waals surface area contributed by atoms with Gasteiger partial charge in [-0.25, -0.2) is 9.97 Å². The van der Waals surface area contributed by atoms with E-state index in [0.29, 0.717) is 16.1 Å². The summed E-state index contributed by atoms with van der Waals surface area (Å²) in [5.41, 5.74) is 0.340. The Morgan fingerprint density at radius 1 is 1.44 bits per heavy atom. The lowest BCUT2D eigenvalue weighted by Gasteiger charge is -2.00. The molecule has 2 rings (SSSR count). The first kappa shape index (κ1) is 10.7. The zero-order valence-electron chi connectivity index (χ0n) is 8.38. The molecule has 0 saturated carbocycles. The van der Waals surface area contributed by atoms with Crippen molar-refractivity contribution in [2.75, 3.05) is 5.32 Å². The molecule has 1 amide bonds. The van der Waals surface area contributed by atoms with Gasteiger partial charge in [0.15, 0.2) is 11.5 Å². The minimum Gasteiger partial charge on any atom is -0.304 e. The smallest absolute Gasteiger partial charge is 0.277 e. The summed E-state index contributed by atoms with van der Waals surface area (Å²) in [5, 5.41) is 6.56. The maximum absolute atomic E-state index is 11.6. The first-order valence-electron chi connectivity index (χ1n) is 4.44. The average molecular weight is 282 g/mol. The second-order valence-electron chi connectivity index (χ2n) is 3.05. The maximum atomic E-state index is 11.6. The number of carbonyl (C=O) groups is 1. The van der Waals surface area contributed by atoms with Crippen LogP contribution >= 0.6 is 15.9 Å². The van der Waals surface area contributed by atoms with E-state index in [0.717, 1.165) is 0 Å². The van der Waals surface area contributed by atoms with Crippen molar-refractivity contribution in [2.45, 2.75) is 0 Å². The fourth-order valence-corrected chi connectivity index (χ4v) is 1.30. The van der Waals surface area contributed by atoms with Gasteiger partial charge in [-0.3, -0.25) is 9.48 Å². The lowest BCUT2D eigenvalue weighted by atomic mass is 10.4. The van der Waals surface area contributed by atoms with Crippen LogP contribution in [0.25, 0.3) is 0 Å². The molecule has 0 aliphatic rings. The van der Waals surface area contributed by atoms with Crippen molar-refractivity contribution in [2.24, 2.45) is 7.05 Å². The van der Waals surface area contributed by atoms with Crippen molar-refractivity contribution in [3.63, 3.8) is 0 Å². The average Bonchev–Trinajstić information content (AvgIpc) is 2.68. The highest BCUT2D eigenvalue weighted by molar-refractivity contribution is 9.10. The molecule has 6 nitrogen and oxygen atoms in total. The molecular formula is C9H8BrN5O. The zero-order valence-corrected chi connectivity index (χ0v) is 9.97. The molecular weight excluding hydrogens is 274 g/mol.